The summed E-state index contributed by atoms with van der Waals surface area (Å²) in [6.07, 6.45) is 4.14. The Bertz CT molecular complexity index is 208. The molecule has 0 fully saturated rings. The van der Waals surface area contributed by atoms with Crippen molar-refractivity contribution >= 4 is 11.3 Å². The van der Waals surface area contributed by atoms with Crippen LogP contribution in [0, 0.1) is 5.92 Å². The molecule has 0 spiro atoms. The van der Waals surface area contributed by atoms with Crippen LogP contribution in [0.1, 0.15) is 37.6 Å². The van der Waals surface area contributed by atoms with E-state index >= 15 is 0 Å². The second-order valence-corrected chi connectivity index (χ2v) is 4.18. The number of nitrogens with two attached hydrogens (primary N) is 1. The molecule has 1 aromatic rings. The van der Waals surface area contributed by atoms with Gasteiger partial charge in [0.2, 0.25) is 0 Å². The molecule has 0 aliphatic heterocycles. The summed E-state index contributed by atoms with van der Waals surface area (Å²) in [6, 6.07) is 0.187. The van der Waals surface area contributed by atoms with E-state index in [2.05, 4.69) is 18.8 Å². The zero-order chi connectivity index (χ0) is 8.97. The van der Waals surface area contributed by atoms with Crippen molar-refractivity contribution in [2.24, 2.45) is 11.7 Å². The predicted octanol–water partition coefficient (Wildman–Crippen LogP) is 2.58. The van der Waals surface area contributed by atoms with Crippen LogP contribution in [0.3, 0.4) is 0 Å². The molecular formula is C9H16N2S. The third-order valence-corrected chi connectivity index (χ3v) is 3.08. The van der Waals surface area contributed by atoms with Crippen LogP contribution in [-0.4, -0.2) is 4.98 Å². The van der Waals surface area contributed by atoms with Crippen LogP contribution in [-0.2, 0) is 0 Å². The average Bonchev–Trinajstić information content (AvgIpc) is 2.56. The Morgan fingerprint density at radius 2 is 2.42 bits per heavy atom. The number of aromatic nitrogens is 1. The molecule has 0 aliphatic rings. The maximum absolute atomic E-state index is 5.99. The van der Waals surface area contributed by atoms with Crippen LogP contribution in [0.2, 0.25) is 0 Å². The molecule has 0 amide bonds. The van der Waals surface area contributed by atoms with Crippen molar-refractivity contribution in [1.82, 2.24) is 4.98 Å². The van der Waals surface area contributed by atoms with Gasteiger partial charge in [-0.3, -0.25) is 4.98 Å². The van der Waals surface area contributed by atoms with Crippen LogP contribution in [0.25, 0.3) is 0 Å². The smallest absolute Gasteiger partial charge is 0.0794 e. The highest BCUT2D eigenvalue weighted by Gasteiger charge is 2.10. The lowest BCUT2D eigenvalue weighted by atomic mass is 9.99. The third-order valence-electron chi connectivity index (χ3n) is 2.17. The van der Waals surface area contributed by atoms with Crippen molar-refractivity contribution in [3.63, 3.8) is 0 Å². The fraction of sp³-hybridized carbons (Fsp3) is 0.667. The largest absolute Gasteiger partial charge is 0.323 e. The van der Waals surface area contributed by atoms with Crippen LogP contribution >= 0.6 is 11.3 Å². The summed E-state index contributed by atoms with van der Waals surface area (Å²) in [7, 11) is 0. The Balaban J connectivity index is 2.44. The molecule has 68 valence electrons. The fourth-order valence-electron chi connectivity index (χ4n) is 1.13. The van der Waals surface area contributed by atoms with Gasteiger partial charge in [0.25, 0.3) is 0 Å². The molecule has 0 radical (unpaired) electrons. The molecule has 2 nitrogen and oxygen atoms in total. The summed E-state index contributed by atoms with van der Waals surface area (Å²) in [5.41, 5.74) is 7.83. The molecule has 1 rings (SSSR count). The lowest BCUT2D eigenvalue weighted by Gasteiger charge is -2.13. The minimum Gasteiger partial charge on any atom is -0.323 e. The summed E-state index contributed by atoms with van der Waals surface area (Å²) < 4.78 is 0. The molecule has 0 aromatic carbocycles. The SMILES string of the molecule is CCC(C)CC(N)c1cncs1. The van der Waals surface area contributed by atoms with Gasteiger partial charge in [0, 0.05) is 17.1 Å². The van der Waals surface area contributed by atoms with Crippen molar-refractivity contribution in [2.75, 3.05) is 0 Å². The Kier molecular flexibility index (Phi) is 3.69. The highest BCUT2D eigenvalue weighted by Crippen LogP contribution is 2.22. The van der Waals surface area contributed by atoms with E-state index in [0.717, 1.165) is 6.42 Å². The van der Waals surface area contributed by atoms with E-state index in [9.17, 15) is 0 Å². The van der Waals surface area contributed by atoms with Gasteiger partial charge in [-0.25, -0.2) is 0 Å². The van der Waals surface area contributed by atoms with Gasteiger partial charge in [-0.2, -0.15) is 0 Å². The van der Waals surface area contributed by atoms with E-state index in [1.165, 1.54) is 11.3 Å². The van der Waals surface area contributed by atoms with Gasteiger partial charge in [-0.05, 0) is 12.3 Å². The zero-order valence-corrected chi connectivity index (χ0v) is 8.47. The molecule has 3 heteroatoms. The van der Waals surface area contributed by atoms with Crippen LogP contribution in [0.15, 0.2) is 11.7 Å². The molecule has 1 heterocycles. The van der Waals surface area contributed by atoms with E-state index in [1.54, 1.807) is 11.3 Å². The Morgan fingerprint density at radius 1 is 1.67 bits per heavy atom. The minimum atomic E-state index is 0.187. The van der Waals surface area contributed by atoms with Crippen molar-refractivity contribution in [3.8, 4) is 0 Å². The molecule has 2 atom stereocenters. The molecule has 0 saturated heterocycles. The highest BCUT2D eigenvalue weighted by molar-refractivity contribution is 7.09. The zero-order valence-electron chi connectivity index (χ0n) is 7.66. The normalized spacial score (nSPS) is 15.9. The lowest BCUT2D eigenvalue weighted by molar-refractivity contribution is 0.464. The van der Waals surface area contributed by atoms with E-state index in [4.69, 9.17) is 5.73 Å². The number of nitrogens with zero attached hydrogens (tertiary/aromatic N) is 1. The van der Waals surface area contributed by atoms with Crippen LogP contribution in [0.4, 0.5) is 0 Å². The monoisotopic (exact) mass is 184 g/mol. The Morgan fingerprint density at radius 3 is 2.92 bits per heavy atom. The predicted molar refractivity (Wildman–Crippen MR) is 53.1 cm³/mol. The summed E-state index contributed by atoms with van der Waals surface area (Å²) in [6.45, 7) is 4.44. The second-order valence-electron chi connectivity index (χ2n) is 3.26. The molecule has 0 bridgehead atoms. The fourth-order valence-corrected chi connectivity index (χ4v) is 1.76. The lowest BCUT2D eigenvalue weighted by Crippen LogP contribution is -2.12. The first-order valence-electron chi connectivity index (χ1n) is 4.38. The number of hydrogen-bond donors (Lipinski definition) is 1. The first-order chi connectivity index (χ1) is 5.74. The Labute approximate surface area is 77.8 Å². The standard InChI is InChI=1S/C9H16N2S/c1-3-7(2)4-8(10)9-5-11-6-12-9/h5-8H,3-4,10H2,1-2H3. The van der Waals surface area contributed by atoms with Gasteiger partial charge in [0.1, 0.15) is 0 Å². The van der Waals surface area contributed by atoms with E-state index in [1.807, 2.05) is 11.7 Å². The summed E-state index contributed by atoms with van der Waals surface area (Å²) in [5, 5.41) is 0. The maximum Gasteiger partial charge on any atom is 0.0794 e. The van der Waals surface area contributed by atoms with Gasteiger partial charge >= 0.3 is 0 Å². The van der Waals surface area contributed by atoms with Gasteiger partial charge in [-0.15, -0.1) is 11.3 Å². The average molecular weight is 184 g/mol. The number of thiazole rings is 1. The molecular weight excluding hydrogens is 168 g/mol. The molecule has 2 unspecified atom stereocenters. The van der Waals surface area contributed by atoms with E-state index < -0.39 is 0 Å². The van der Waals surface area contributed by atoms with Gasteiger partial charge < -0.3 is 5.73 Å². The second kappa shape index (κ2) is 4.58. The summed E-state index contributed by atoms with van der Waals surface area (Å²) >= 11 is 1.65. The minimum absolute atomic E-state index is 0.187. The molecule has 1 aromatic heterocycles. The van der Waals surface area contributed by atoms with Crippen molar-refractivity contribution in [3.05, 3.63) is 16.6 Å². The van der Waals surface area contributed by atoms with Gasteiger partial charge in [0.15, 0.2) is 0 Å². The molecule has 2 N–H and O–H groups in total. The van der Waals surface area contributed by atoms with E-state index in [-0.39, 0.29) is 6.04 Å². The van der Waals surface area contributed by atoms with Crippen LogP contribution in [0.5, 0.6) is 0 Å². The van der Waals surface area contributed by atoms with Crippen LogP contribution < -0.4 is 5.73 Å². The topological polar surface area (TPSA) is 38.9 Å². The highest BCUT2D eigenvalue weighted by atomic mass is 32.1. The summed E-state index contributed by atoms with van der Waals surface area (Å²) in [4.78, 5) is 5.22. The third kappa shape index (κ3) is 2.57. The number of rotatable bonds is 4. The Hall–Kier alpha value is -0.410. The number of hydrogen-bond acceptors (Lipinski definition) is 3. The van der Waals surface area contributed by atoms with E-state index in [0.29, 0.717) is 5.92 Å². The molecule has 0 aliphatic carbocycles. The molecule has 12 heavy (non-hydrogen) atoms. The van der Waals surface area contributed by atoms with Crippen molar-refractivity contribution in [2.45, 2.75) is 32.7 Å². The quantitative estimate of drug-likeness (QED) is 0.781. The summed E-state index contributed by atoms with van der Waals surface area (Å²) in [5.74, 6) is 0.710. The first-order valence-corrected chi connectivity index (χ1v) is 5.26. The first kappa shape index (κ1) is 9.68. The maximum atomic E-state index is 5.99. The molecule has 0 saturated carbocycles. The van der Waals surface area contributed by atoms with Crippen molar-refractivity contribution in [1.29, 1.82) is 0 Å². The van der Waals surface area contributed by atoms with Crippen molar-refractivity contribution < 1.29 is 0 Å². The van der Waals surface area contributed by atoms with Gasteiger partial charge in [0.05, 0.1) is 5.51 Å². The van der Waals surface area contributed by atoms with Gasteiger partial charge in [-0.1, -0.05) is 20.3 Å².